The third-order valence-electron chi connectivity index (χ3n) is 13.2. The summed E-state index contributed by atoms with van der Waals surface area (Å²) >= 11 is 1.84. The number of hydrogen-bond acceptors (Lipinski definition) is 8. The van der Waals surface area contributed by atoms with Crippen LogP contribution in [0.15, 0.2) is 165 Å². The number of pyridine rings is 2. The van der Waals surface area contributed by atoms with Crippen LogP contribution >= 0.6 is 15.9 Å². The van der Waals surface area contributed by atoms with Gasteiger partial charge in [-0.25, -0.2) is 9.97 Å². The Morgan fingerprint density at radius 1 is 0.493 bits per heavy atom. The predicted octanol–water partition coefficient (Wildman–Crippen LogP) is 18.0. The van der Waals surface area contributed by atoms with Crippen LogP contribution < -0.4 is 28.7 Å². The van der Waals surface area contributed by atoms with Gasteiger partial charge in [0, 0.05) is 48.6 Å². The van der Waals surface area contributed by atoms with Crippen molar-refractivity contribution in [3.8, 4) is 23.0 Å². The summed E-state index contributed by atoms with van der Waals surface area (Å²) in [5.41, 5.74) is 7.90. The van der Waals surface area contributed by atoms with E-state index < -0.39 is 18.4 Å². The normalized spacial score (nSPS) is 10.5. The fraction of sp³-hybridized carbons (Fsp3) is 0.354. The van der Waals surface area contributed by atoms with Crippen LogP contribution in [0.2, 0.25) is 17.7 Å². The molecule has 0 N–H and O–H groups in total. The Hall–Kier alpha value is -5.78. The molecule has 2 aromatic heterocycles. The maximum Gasteiger partial charge on any atom is 0.130 e. The fourth-order valence-electron chi connectivity index (χ4n) is 8.82. The van der Waals surface area contributed by atoms with Crippen molar-refractivity contribution < 1.29 is 18.9 Å². The Morgan fingerprint density at radius 3 is 1.11 bits per heavy atom. The van der Waals surface area contributed by atoms with Crippen molar-refractivity contribution in [2.75, 3.05) is 38.2 Å². The minimum Gasteiger partial charge on any atom is -0.497 e. The molecule has 0 radical (unpaired) electrons. The van der Waals surface area contributed by atoms with E-state index in [9.17, 15) is 0 Å². The number of methoxy groups -OCH3 is 4. The molecule has 0 bridgehead atoms. The number of anilines is 2. The molecule has 2 heterocycles. The molecule has 0 amide bonds. The van der Waals surface area contributed by atoms with Gasteiger partial charge in [-0.1, -0.05) is 87.3 Å². The zero-order valence-corrected chi connectivity index (χ0v) is 50.0. The van der Waals surface area contributed by atoms with Crippen LogP contribution in [0.5, 0.6) is 23.0 Å². The van der Waals surface area contributed by atoms with Gasteiger partial charge in [0.1, 0.15) is 34.6 Å². The summed E-state index contributed by atoms with van der Waals surface area (Å²) in [6.45, 7) is 25.6. The van der Waals surface area contributed by atoms with Gasteiger partial charge in [0.2, 0.25) is 0 Å². The Bertz CT molecular complexity index is 2450. The maximum atomic E-state index is 5.29. The Balaban J connectivity index is 0.000000309. The smallest absolute Gasteiger partial charge is 0.130 e. The molecule has 0 atom stereocenters. The second-order valence-electron chi connectivity index (χ2n) is 18.6. The quantitative estimate of drug-likeness (QED) is 0.0340. The van der Waals surface area contributed by atoms with E-state index in [-0.39, 0.29) is 7.43 Å². The van der Waals surface area contributed by atoms with Gasteiger partial charge < -0.3 is 28.7 Å². The number of nitrogens with zero attached hydrogens (tertiary/aromatic N) is 4. The minimum atomic E-state index is -1.78. The summed E-state index contributed by atoms with van der Waals surface area (Å²) in [5.74, 6) is 5.21. The predicted molar refractivity (Wildman–Crippen MR) is 329 cm³/mol. The number of benzene rings is 4. The first-order chi connectivity index (χ1) is 36.0. The second-order valence-corrected chi connectivity index (χ2v) is 33.5. The Kier molecular flexibility index (Phi) is 30.0. The van der Waals surface area contributed by atoms with Crippen LogP contribution in [0, 0.1) is 0 Å². The van der Waals surface area contributed by atoms with Crippen molar-refractivity contribution in [2.45, 2.75) is 117 Å². The van der Waals surface area contributed by atoms with E-state index in [1.165, 1.54) is 70.8 Å². The molecule has 0 saturated heterocycles. The number of rotatable bonds is 29. The molecular formula is C65H87BrN4O4Sn. The first kappa shape index (κ1) is 63.5. The van der Waals surface area contributed by atoms with Gasteiger partial charge in [0.05, 0.1) is 28.4 Å². The molecule has 6 aromatic rings. The van der Waals surface area contributed by atoms with Gasteiger partial charge >= 0.3 is 108 Å². The van der Waals surface area contributed by atoms with Gasteiger partial charge in [-0.15, -0.1) is 6.58 Å². The van der Waals surface area contributed by atoms with Crippen LogP contribution in [-0.2, 0) is 32.6 Å². The minimum absolute atomic E-state index is 0. The van der Waals surface area contributed by atoms with Crippen LogP contribution in [0.4, 0.5) is 11.6 Å². The molecule has 0 fully saturated rings. The van der Waals surface area contributed by atoms with Crippen LogP contribution in [0.25, 0.3) is 12.2 Å². The van der Waals surface area contributed by atoms with E-state index in [1.54, 1.807) is 47.8 Å². The average molecular weight is 1190 g/mol. The largest absolute Gasteiger partial charge is 0.497 e. The number of ether oxygens (including phenoxy) is 4. The third kappa shape index (κ3) is 21.4. The van der Waals surface area contributed by atoms with Crippen LogP contribution in [0.3, 0.4) is 0 Å². The van der Waals surface area contributed by atoms with Crippen molar-refractivity contribution in [3.63, 3.8) is 0 Å². The SMILES string of the molecule is C.C=CCc1cc(N(Cc2ccc(OC)cc2)Cc2ccc(OC)cc2)ncc1C=C.C=C[CH2][Sn]([CH2]CCC)([CH2]CCC)[CH2]CCC.C=Cc1cnc(N(Cc2ccc(OC)cc2)Cc2ccc(OC)cc2)cc1Br. The molecule has 10 heteroatoms. The van der Waals surface area contributed by atoms with Crippen molar-refractivity contribution in [1.82, 2.24) is 9.97 Å². The summed E-state index contributed by atoms with van der Waals surface area (Å²) in [6.07, 6.45) is 20.9. The fourth-order valence-corrected chi connectivity index (χ4v) is 24.4. The Labute approximate surface area is 465 Å². The van der Waals surface area contributed by atoms with Crippen LogP contribution in [0.1, 0.15) is 106 Å². The summed E-state index contributed by atoms with van der Waals surface area (Å²) in [6, 6.07) is 36.7. The monoisotopic (exact) mass is 1190 g/mol. The molecule has 4 aromatic carbocycles. The molecular weight excluding hydrogens is 1100 g/mol. The molecule has 6 rings (SSSR count). The van der Waals surface area contributed by atoms with E-state index >= 15 is 0 Å². The van der Waals surface area contributed by atoms with E-state index in [0.717, 1.165) is 82.8 Å². The zero-order valence-electron chi connectivity index (χ0n) is 45.6. The van der Waals surface area contributed by atoms with Gasteiger partial charge in [0.25, 0.3) is 0 Å². The zero-order chi connectivity index (χ0) is 53.6. The summed E-state index contributed by atoms with van der Waals surface area (Å²) < 4.78 is 28.4. The number of halogens is 1. The molecule has 402 valence electrons. The van der Waals surface area contributed by atoms with Crippen LogP contribution in [-0.4, -0.2) is 56.8 Å². The van der Waals surface area contributed by atoms with Crippen molar-refractivity contribution >= 4 is 58.1 Å². The molecule has 0 spiro atoms. The average Bonchev–Trinajstić information content (AvgIpc) is 3.44. The van der Waals surface area contributed by atoms with Crippen molar-refractivity contribution in [1.29, 1.82) is 0 Å². The van der Waals surface area contributed by atoms with Gasteiger partial charge in [-0.3, -0.25) is 0 Å². The second kappa shape index (κ2) is 35.5. The van der Waals surface area contributed by atoms with Gasteiger partial charge in [0.15, 0.2) is 0 Å². The topological polar surface area (TPSA) is 69.2 Å². The Morgan fingerprint density at radius 2 is 0.827 bits per heavy atom. The molecule has 75 heavy (non-hydrogen) atoms. The molecule has 0 aliphatic rings. The van der Waals surface area contributed by atoms with E-state index in [4.69, 9.17) is 23.9 Å². The van der Waals surface area contributed by atoms with Gasteiger partial charge in [-0.2, -0.15) is 0 Å². The number of allylic oxidation sites excluding steroid dienone is 2. The van der Waals surface area contributed by atoms with E-state index in [1.807, 2.05) is 79.1 Å². The summed E-state index contributed by atoms with van der Waals surface area (Å²) in [4.78, 5) is 13.9. The van der Waals surface area contributed by atoms with E-state index in [2.05, 4.69) is 138 Å². The third-order valence-corrected chi connectivity index (χ3v) is 29.3. The number of aromatic nitrogens is 2. The number of hydrogen-bond donors (Lipinski definition) is 0. The molecule has 0 unspecified atom stereocenters. The van der Waals surface area contributed by atoms with Gasteiger partial charge in [-0.05, 0) is 116 Å². The van der Waals surface area contributed by atoms with E-state index in [0.29, 0.717) is 0 Å². The molecule has 8 nitrogen and oxygen atoms in total. The first-order valence-corrected chi connectivity index (χ1v) is 35.0. The standard InChI is InChI=1S/C26H28N2O2.C23H23BrN2O2.3C4H9.C3H5.CH4.Sn/c1-5-7-23-16-26(27-17-22(23)6-2)28(18-20-8-12-24(29-3)13-9-20)19-21-10-14-25(30-4)15-11-21;1-4-19-14-25-23(13-22(19)24)26(15-17-5-9-20(27-2)10-6-17)16-18-7-11-21(28-3)12-8-18;3*1-3-4-2;1-3-2;;/h5-6,8-17H,1-2,7,18-19H2,3-4H3;4-14H,1,15-16H2,2-3H3;3*1,3-4H2,2H3;3H,1-2H2;1H4;. The van der Waals surface area contributed by atoms with Crippen molar-refractivity contribution in [2.24, 2.45) is 0 Å². The maximum absolute atomic E-state index is 5.29. The summed E-state index contributed by atoms with van der Waals surface area (Å²) in [7, 11) is 6.70. The summed E-state index contributed by atoms with van der Waals surface area (Å²) in [5, 5.41) is 0. The number of unbranched alkanes of at least 4 members (excludes halogenated alkanes) is 3. The first-order valence-electron chi connectivity index (χ1n) is 26.2. The molecule has 0 aliphatic carbocycles. The van der Waals surface area contributed by atoms with Crippen molar-refractivity contribution in [3.05, 3.63) is 203 Å². The molecule has 0 aliphatic heterocycles. The molecule has 0 saturated carbocycles.